The molecule has 130 valence electrons. The fourth-order valence-electron chi connectivity index (χ4n) is 2.08. The summed E-state index contributed by atoms with van der Waals surface area (Å²) in [6.07, 6.45) is 3.91. The summed E-state index contributed by atoms with van der Waals surface area (Å²) < 4.78 is 0. The highest BCUT2D eigenvalue weighted by Crippen LogP contribution is 2.21. The van der Waals surface area contributed by atoms with E-state index in [1.54, 1.807) is 36.4 Å². The third-order valence-electron chi connectivity index (χ3n) is 3.29. The lowest BCUT2D eigenvalue weighted by atomic mass is 10.2. The third kappa shape index (κ3) is 5.93. The van der Waals surface area contributed by atoms with Crippen LogP contribution < -0.4 is 10.6 Å². The van der Waals surface area contributed by atoms with E-state index in [2.05, 4.69) is 10.6 Å². The van der Waals surface area contributed by atoms with Crippen molar-refractivity contribution in [3.63, 3.8) is 0 Å². The van der Waals surface area contributed by atoms with Gasteiger partial charge in [0, 0.05) is 23.3 Å². The van der Waals surface area contributed by atoms with Crippen LogP contribution in [0.15, 0.2) is 48.5 Å². The molecule has 2 N–H and O–H groups in total. The number of rotatable bonds is 6. The third-order valence-corrected chi connectivity index (χ3v) is 3.84. The Morgan fingerprint density at radius 1 is 1.12 bits per heavy atom. The van der Waals surface area contributed by atoms with Gasteiger partial charge in [0.15, 0.2) is 0 Å². The molecule has 0 saturated carbocycles. The Hall–Kier alpha value is -2.30. The molecular weight excluding hydrogens is 359 g/mol. The van der Waals surface area contributed by atoms with Crippen LogP contribution in [0.1, 0.15) is 29.3 Å². The molecule has 0 radical (unpaired) electrons. The minimum absolute atomic E-state index is 0.231. The van der Waals surface area contributed by atoms with E-state index in [0.29, 0.717) is 22.8 Å². The Morgan fingerprint density at radius 3 is 2.60 bits per heavy atom. The lowest BCUT2D eigenvalue weighted by Gasteiger charge is -2.08. The van der Waals surface area contributed by atoms with E-state index in [-0.39, 0.29) is 16.8 Å². The van der Waals surface area contributed by atoms with Gasteiger partial charge in [-0.25, -0.2) is 0 Å². The van der Waals surface area contributed by atoms with Gasteiger partial charge in [0.1, 0.15) is 0 Å². The first-order chi connectivity index (χ1) is 12.0. The van der Waals surface area contributed by atoms with Crippen molar-refractivity contribution in [2.24, 2.45) is 0 Å². The lowest BCUT2D eigenvalue weighted by molar-refractivity contribution is -0.111. The molecule has 0 spiro atoms. The van der Waals surface area contributed by atoms with Gasteiger partial charge in [0.05, 0.1) is 10.6 Å². The van der Waals surface area contributed by atoms with Crippen LogP contribution in [0.3, 0.4) is 0 Å². The normalized spacial score (nSPS) is 10.7. The fourth-order valence-corrected chi connectivity index (χ4v) is 2.54. The second-order valence-electron chi connectivity index (χ2n) is 5.33. The minimum atomic E-state index is -0.306. The van der Waals surface area contributed by atoms with Crippen molar-refractivity contribution in [2.75, 3.05) is 11.9 Å². The molecule has 0 bridgehead atoms. The molecular formula is C19H18Cl2N2O2. The molecule has 2 amide bonds. The maximum absolute atomic E-state index is 12.0. The summed E-state index contributed by atoms with van der Waals surface area (Å²) in [5.74, 6) is -0.537. The first-order valence-corrected chi connectivity index (χ1v) is 8.57. The van der Waals surface area contributed by atoms with Gasteiger partial charge >= 0.3 is 0 Å². The Bertz CT molecular complexity index is 804. The highest BCUT2D eigenvalue weighted by Gasteiger charge is 2.10. The quantitative estimate of drug-likeness (QED) is 0.712. The standard InChI is InChI=1S/C19H18Cl2N2O2/c1-2-10-22-19(25)16-8-7-15(12-17(16)21)23-18(24)9-6-13-4-3-5-14(20)11-13/h3-9,11-12H,2,10H2,1H3,(H,22,25)(H,23,24)/b9-6+. The van der Waals surface area contributed by atoms with Crippen molar-refractivity contribution in [3.05, 3.63) is 69.7 Å². The Kier molecular flexibility index (Phi) is 7.04. The summed E-state index contributed by atoms with van der Waals surface area (Å²) in [6, 6.07) is 11.9. The van der Waals surface area contributed by atoms with Crippen LogP contribution in [0, 0.1) is 0 Å². The molecule has 0 atom stereocenters. The number of hydrogen-bond donors (Lipinski definition) is 2. The number of halogens is 2. The monoisotopic (exact) mass is 376 g/mol. The second kappa shape index (κ2) is 9.25. The summed E-state index contributed by atoms with van der Waals surface area (Å²) in [7, 11) is 0. The molecule has 0 heterocycles. The maximum atomic E-state index is 12.0. The summed E-state index contributed by atoms with van der Waals surface area (Å²) in [5.41, 5.74) is 1.71. The molecule has 0 fully saturated rings. The number of carbonyl (C=O) groups is 2. The van der Waals surface area contributed by atoms with Crippen LogP contribution >= 0.6 is 23.2 Å². The number of nitrogens with one attached hydrogen (secondary N) is 2. The number of anilines is 1. The zero-order valence-corrected chi connectivity index (χ0v) is 15.2. The SMILES string of the molecule is CCCNC(=O)c1ccc(NC(=O)/C=C/c2cccc(Cl)c2)cc1Cl. The molecule has 0 saturated heterocycles. The molecule has 2 rings (SSSR count). The van der Waals surface area contributed by atoms with Gasteiger partial charge in [0.25, 0.3) is 5.91 Å². The van der Waals surface area contributed by atoms with Crippen molar-refractivity contribution in [1.29, 1.82) is 0 Å². The van der Waals surface area contributed by atoms with Crippen LogP contribution in [-0.2, 0) is 4.79 Å². The van der Waals surface area contributed by atoms with Crippen LogP contribution in [0.5, 0.6) is 0 Å². The van der Waals surface area contributed by atoms with Crippen LogP contribution in [-0.4, -0.2) is 18.4 Å². The first-order valence-electron chi connectivity index (χ1n) is 7.82. The molecule has 0 unspecified atom stereocenters. The van der Waals surface area contributed by atoms with Gasteiger partial charge in [-0.3, -0.25) is 9.59 Å². The topological polar surface area (TPSA) is 58.2 Å². The zero-order valence-electron chi connectivity index (χ0n) is 13.7. The number of amides is 2. The van der Waals surface area contributed by atoms with E-state index < -0.39 is 0 Å². The van der Waals surface area contributed by atoms with Gasteiger partial charge < -0.3 is 10.6 Å². The van der Waals surface area contributed by atoms with Gasteiger partial charge in [0.2, 0.25) is 5.91 Å². The van der Waals surface area contributed by atoms with E-state index in [4.69, 9.17) is 23.2 Å². The molecule has 0 aliphatic carbocycles. The van der Waals surface area contributed by atoms with Gasteiger partial charge in [-0.05, 0) is 48.4 Å². The highest BCUT2D eigenvalue weighted by molar-refractivity contribution is 6.34. The minimum Gasteiger partial charge on any atom is -0.352 e. The van der Waals surface area contributed by atoms with E-state index >= 15 is 0 Å². The smallest absolute Gasteiger partial charge is 0.252 e. The molecule has 0 aliphatic rings. The van der Waals surface area contributed by atoms with E-state index in [1.165, 1.54) is 6.08 Å². The predicted molar refractivity (Wildman–Crippen MR) is 103 cm³/mol. The number of hydrogen-bond acceptors (Lipinski definition) is 2. The van der Waals surface area contributed by atoms with Crippen LogP contribution in [0.25, 0.3) is 6.08 Å². The van der Waals surface area contributed by atoms with Crippen molar-refractivity contribution in [3.8, 4) is 0 Å². The van der Waals surface area contributed by atoms with Gasteiger partial charge in [-0.2, -0.15) is 0 Å². The van der Waals surface area contributed by atoms with Crippen LogP contribution in [0.2, 0.25) is 10.0 Å². The average Bonchev–Trinajstić information content (AvgIpc) is 2.58. The molecule has 0 aromatic heterocycles. The molecule has 6 heteroatoms. The summed E-state index contributed by atoms with van der Waals surface area (Å²) in [6.45, 7) is 2.55. The molecule has 2 aromatic rings. The van der Waals surface area contributed by atoms with Crippen molar-refractivity contribution in [2.45, 2.75) is 13.3 Å². The fraction of sp³-hybridized carbons (Fsp3) is 0.158. The average molecular weight is 377 g/mol. The first kappa shape index (κ1) is 19.0. The van der Waals surface area contributed by atoms with Crippen molar-refractivity contribution < 1.29 is 9.59 Å². The van der Waals surface area contributed by atoms with Crippen molar-refractivity contribution in [1.82, 2.24) is 5.32 Å². The largest absolute Gasteiger partial charge is 0.352 e. The van der Waals surface area contributed by atoms with Crippen molar-refractivity contribution >= 4 is 46.8 Å². The molecule has 25 heavy (non-hydrogen) atoms. The van der Waals surface area contributed by atoms with E-state index in [0.717, 1.165) is 12.0 Å². The predicted octanol–water partition coefficient (Wildman–Crippen LogP) is 4.79. The summed E-state index contributed by atoms with van der Waals surface area (Å²) >= 11 is 12.0. The highest BCUT2D eigenvalue weighted by atomic mass is 35.5. The Balaban J connectivity index is 2.01. The van der Waals surface area contributed by atoms with E-state index in [9.17, 15) is 9.59 Å². The summed E-state index contributed by atoms with van der Waals surface area (Å²) in [4.78, 5) is 23.9. The zero-order chi connectivity index (χ0) is 18.2. The molecule has 2 aromatic carbocycles. The Morgan fingerprint density at radius 2 is 1.92 bits per heavy atom. The summed E-state index contributed by atoms with van der Waals surface area (Å²) in [5, 5.41) is 6.35. The van der Waals surface area contributed by atoms with Gasteiger partial charge in [-0.15, -0.1) is 0 Å². The molecule has 0 aliphatic heterocycles. The molecule has 4 nitrogen and oxygen atoms in total. The second-order valence-corrected chi connectivity index (χ2v) is 6.17. The maximum Gasteiger partial charge on any atom is 0.252 e. The Labute approximate surface area is 156 Å². The van der Waals surface area contributed by atoms with E-state index in [1.807, 2.05) is 19.1 Å². The number of benzene rings is 2. The van der Waals surface area contributed by atoms with Gasteiger partial charge in [-0.1, -0.05) is 42.3 Å². The lowest BCUT2D eigenvalue weighted by Crippen LogP contribution is -2.24. The van der Waals surface area contributed by atoms with Crippen LogP contribution in [0.4, 0.5) is 5.69 Å². The number of carbonyl (C=O) groups excluding carboxylic acids is 2.